The number of aromatic amines is 1. The van der Waals surface area contributed by atoms with Crippen molar-refractivity contribution in [3.8, 4) is 6.07 Å². The Kier molecular flexibility index (Phi) is 3.53. The van der Waals surface area contributed by atoms with E-state index in [2.05, 4.69) is 9.97 Å². The molecule has 0 unspecified atom stereocenters. The van der Waals surface area contributed by atoms with Crippen molar-refractivity contribution in [3.63, 3.8) is 0 Å². The second kappa shape index (κ2) is 5.27. The maximum absolute atomic E-state index is 12.3. The molecule has 0 amide bonds. The normalized spacial score (nSPS) is 9.89. The first-order valence-electron chi connectivity index (χ1n) is 5.78. The second-order valence-corrected chi connectivity index (χ2v) is 3.93. The van der Waals surface area contributed by atoms with Gasteiger partial charge in [0.25, 0.3) is 5.56 Å². The molecular weight excluding hydrogens is 242 g/mol. The molecule has 0 aliphatic carbocycles. The summed E-state index contributed by atoms with van der Waals surface area (Å²) in [5.74, 6) is -0.230. The number of rotatable bonds is 3. The summed E-state index contributed by atoms with van der Waals surface area (Å²) in [5.41, 5.74) is 0.830. The molecule has 0 atom stereocenters. The Balaban J connectivity index is 2.59. The van der Waals surface area contributed by atoms with E-state index in [-0.39, 0.29) is 11.3 Å². The number of nitrogens with zero attached hydrogens (tertiary/aromatic N) is 2. The maximum atomic E-state index is 12.3. The van der Waals surface area contributed by atoms with Crippen LogP contribution in [0.2, 0.25) is 0 Å². The fraction of sp³-hybridized carbons (Fsp3) is 0.143. The molecule has 0 saturated carbocycles. The van der Waals surface area contributed by atoms with Crippen LogP contribution in [0, 0.1) is 11.3 Å². The number of aryl methyl sites for hydroxylation is 1. The minimum Gasteiger partial charge on any atom is -0.324 e. The highest BCUT2D eigenvalue weighted by atomic mass is 16.1. The summed E-state index contributed by atoms with van der Waals surface area (Å²) in [6, 6.07) is 6.32. The van der Waals surface area contributed by atoms with Crippen molar-refractivity contribution in [1.82, 2.24) is 9.97 Å². The van der Waals surface area contributed by atoms with E-state index in [0.717, 1.165) is 0 Å². The Bertz CT molecular complexity index is 712. The maximum Gasteiger partial charge on any atom is 0.266 e. The molecule has 1 N–H and O–H groups in total. The quantitative estimate of drug-likeness (QED) is 0.838. The van der Waals surface area contributed by atoms with Gasteiger partial charge in [-0.25, -0.2) is 0 Å². The van der Waals surface area contributed by atoms with E-state index in [1.165, 1.54) is 18.5 Å². The van der Waals surface area contributed by atoms with Gasteiger partial charge in [0.2, 0.25) is 0 Å². The summed E-state index contributed by atoms with van der Waals surface area (Å²) in [6.45, 7) is 1.83. The van der Waals surface area contributed by atoms with Gasteiger partial charge >= 0.3 is 0 Å². The van der Waals surface area contributed by atoms with Gasteiger partial charge < -0.3 is 4.98 Å². The van der Waals surface area contributed by atoms with Crippen LogP contribution < -0.4 is 5.56 Å². The fourth-order valence-corrected chi connectivity index (χ4v) is 1.79. The van der Waals surface area contributed by atoms with E-state index in [1.54, 1.807) is 18.2 Å². The van der Waals surface area contributed by atoms with Crippen LogP contribution in [-0.4, -0.2) is 15.8 Å². The molecule has 5 nitrogen and oxygen atoms in total. The largest absolute Gasteiger partial charge is 0.324 e. The molecule has 0 aliphatic rings. The first-order chi connectivity index (χ1) is 9.17. The molecular formula is C14H11N3O2. The summed E-state index contributed by atoms with van der Waals surface area (Å²) in [5, 5.41) is 8.87. The number of carbonyl (C=O) groups excluding carboxylic acids is 1. The summed E-state index contributed by atoms with van der Waals surface area (Å²) in [4.78, 5) is 30.3. The van der Waals surface area contributed by atoms with Gasteiger partial charge in [0, 0.05) is 29.2 Å². The van der Waals surface area contributed by atoms with E-state index in [4.69, 9.17) is 5.26 Å². The number of nitriles is 1. The molecule has 0 fully saturated rings. The number of hydrogen-bond acceptors (Lipinski definition) is 4. The number of H-pyrrole nitrogens is 1. The number of aromatic nitrogens is 2. The van der Waals surface area contributed by atoms with Crippen LogP contribution in [0.4, 0.5) is 0 Å². The van der Waals surface area contributed by atoms with Crippen LogP contribution in [-0.2, 0) is 6.42 Å². The van der Waals surface area contributed by atoms with Gasteiger partial charge in [0.1, 0.15) is 11.6 Å². The molecule has 2 aromatic rings. The minimum absolute atomic E-state index is 0.0605. The topological polar surface area (TPSA) is 86.6 Å². The van der Waals surface area contributed by atoms with Gasteiger partial charge in [-0.3, -0.25) is 14.6 Å². The van der Waals surface area contributed by atoms with Crippen LogP contribution in [0.3, 0.4) is 0 Å². The number of carbonyl (C=O) groups is 1. The Hall–Kier alpha value is -2.74. The molecule has 0 spiro atoms. The highest BCUT2D eigenvalue weighted by Crippen LogP contribution is 2.13. The van der Waals surface area contributed by atoms with Crippen molar-refractivity contribution in [2.75, 3.05) is 0 Å². The van der Waals surface area contributed by atoms with Gasteiger partial charge in [-0.2, -0.15) is 5.26 Å². The molecule has 2 rings (SSSR count). The van der Waals surface area contributed by atoms with Gasteiger partial charge in [0.05, 0.1) is 0 Å². The highest BCUT2D eigenvalue weighted by molar-refractivity contribution is 6.09. The van der Waals surface area contributed by atoms with Crippen LogP contribution >= 0.6 is 0 Å². The van der Waals surface area contributed by atoms with Crippen LogP contribution in [0.15, 0.2) is 35.4 Å². The lowest BCUT2D eigenvalue weighted by atomic mass is 10.0. The van der Waals surface area contributed by atoms with Crippen LogP contribution in [0.5, 0.6) is 0 Å². The average molecular weight is 253 g/mol. The van der Waals surface area contributed by atoms with Crippen molar-refractivity contribution in [1.29, 1.82) is 5.26 Å². The van der Waals surface area contributed by atoms with Crippen molar-refractivity contribution in [2.24, 2.45) is 0 Å². The van der Waals surface area contributed by atoms with E-state index < -0.39 is 5.56 Å². The van der Waals surface area contributed by atoms with Crippen LogP contribution in [0.1, 0.15) is 34.1 Å². The molecule has 2 aromatic heterocycles. The van der Waals surface area contributed by atoms with Gasteiger partial charge in [0.15, 0.2) is 5.78 Å². The smallest absolute Gasteiger partial charge is 0.266 e. The fourth-order valence-electron chi connectivity index (χ4n) is 1.79. The molecule has 5 heteroatoms. The lowest BCUT2D eigenvalue weighted by Gasteiger charge is -2.07. The zero-order valence-corrected chi connectivity index (χ0v) is 10.3. The molecule has 94 valence electrons. The predicted octanol–water partition coefficient (Wildman–Crippen LogP) is 1.43. The van der Waals surface area contributed by atoms with Gasteiger partial charge in [-0.15, -0.1) is 0 Å². The van der Waals surface area contributed by atoms with E-state index >= 15 is 0 Å². The Morgan fingerprint density at radius 1 is 1.42 bits per heavy atom. The summed E-state index contributed by atoms with van der Waals surface area (Å²) in [7, 11) is 0. The third-order valence-electron chi connectivity index (χ3n) is 2.78. The lowest BCUT2D eigenvalue weighted by Crippen LogP contribution is -2.17. The first-order valence-corrected chi connectivity index (χ1v) is 5.78. The number of nitrogens with one attached hydrogen (secondary N) is 1. The molecule has 0 radical (unpaired) electrons. The van der Waals surface area contributed by atoms with Crippen molar-refractivity contribution >= 4 is 5.78 Å². The third kappa shape index (κ3) is 2.43. The van der Waals surface area contributed by atoms with Crippen LogP contribution in [0.25, 0.3) is 0 Å². The number of ketones is 1. The Morgan fingerprint density at radius 3 is 2.68 bits per heavy atom. The zero-order valence-electron chi connectivity index (χ0n) is 10.3. The lowest BCUT2D eigenvalue weighted by molar-refractivity contribution is 0.103. The summed E-state index contributed by atoms with van der Waals surface area (Å²) >= 11 is 0. The standard InChI is InChI=1S/C14H11N3O2/c1-2-12-11(7-10(8-15)14(19)17-12)13(18)9-3-5-16-6-4-9/h3-7H,2H2,1H3,(H,17,19). The molecule has 0 aromatic carbocycles. The molecule has 0 saturated heterocycles. The van der Waals surface area contributed by atoms with E-state index in [0.29, 0.717) is 23.2 Å². The predicted molar refractivity (Wildman–Crippen MR) is 68.8 cm³/mol. The SMILES string of the molecule is CCc1[nH]c(=O)c(C#N)cc1C(=O)c1ccncc1. The number of hydrogen-bond donors (Lipinski definition) is 1. The molecule has 2 heterocycles. The second-order valence-electron chi connectivity index (χ2n) is 3.93. The summed E-state index contributed by atoms with van der Waals surface area (Å²) in [6.07, 6.45) is 3.55. The van der Waals surface area contributed by atoms with E-state index in [9.17, 15) is 9.59 Å². The Morgan fingerprint density at radius 2 is 2.11 bits per heavy atom. The van der Waals surface area contributed by atoms with Crippen molar-refractivity contribution < 1.29 is 4.79 Å². The zero-order chi connectivity index (χ0) is 13.8. The molecule has 19 heavy (non-hydrogen) atoms. The van der Waals surface area contributed by atoms with Gasteiger partial charge in [-0.1, -0.05) is 6.92 Å². The first kappa shape index (κ1) is 12.7. The highest BCUT2D eigenvalue weighted by Gasteiger charge is 2.15. The van der Waals surface area contributed by atoms with Crippen molar-refractivity contribution in [2.45, 2.75) is 13.3 Å². The van der Waals surface area contributed by atoms with E-state index in [1.807, 2.05) is 6.92 Å². The monoisotopic (exact) mass is 253 g/mol. The minimum atomic E-state index is -0.467. The average Bonchev–Trinajstić information content (AvgIpc) is 2.47. The Labute approximate surface area is 109 Å². The number of pyridine rings is 2. The molecule has 0 aliphatic heterocycles. The van der Waals surface area contributed by atoms with Crippen molar-refractivity contribution in [3.05, 3.63) is 63.3 Å². The molecule has 0 bridgehead atoms. The van der Waals surface area contributed by atoms with Gasteiger partial charge in [-0.05, 0) is 24.6 Å². The summed E-state index contributed by atoms with van der Waals surface area (Å²) < 4.78 is 0. The third-order valence-corrected chi connectivity index (χ3v) is 2.78.